The molecule has 1 saturated heterocycles. The van der Waals surface area contributed by atoms with Gasteiger partial charge in [-0.25, -0.2) is 0 Å². The van der Waals surface area contributed by atoms with Gasteiger partial charge in [0.1, 0.15) is 18.1 Å². The number of likely N-dealkylation sites (N-methyl/N-ethyl adjacent to an activating group) is 1. The highest BCUT2D eigenvalue weighted by Crippen LogP contribution is 2.25. The van der Waals surface area contributed by atoms with Gasteiger partial charge in [-0.1, -0.05) is 53.4 Å². The number of amides is 5. The Morgan fingerprint density at radius 1 is 0.913 bits per heavy atom. The number of rotatable bonds is 3. The SMILES string of the molecule is Cc1cc2c(cn1)OCC(=O)NCCCCCCCCNC(=O)[C@H](C(C)C)N(C)C(=O)[C@H]1CCCN1C(=O)[C@@H](CC(C)C)NC2=O. The standard InChI is InChI=1S/C34H54N6O6/c1-22(2)18-26-33(44)40-17-13-14-27(40)34(45)39(6)30(23(3)4)32(43)36-16-12-10-8-7-9-11-15-35-29(41)21-46-28-20-37-24(5)19-25(28)31(42)38-26/h19-20,22-23,26-27,30H,7-18,21H2,1-6H3,(H,35,41)(H,36,43)(H,38,42)/t26-,27-,30+/m1/s1. The molecule has 2 aliphatic heterocycles. The van der Waals surface area contributed by atoms with Crippen LogP contribution in [0, 0.1) is 18.8 Å². The second kappa shape index (κ2) is 17.9. The molecule has 1 fully saturated rings. The Hall–Kier alpha value is -3.70. The Labute approximate surface area is 273 Å². The summed E-state index contributed by atoms with van der Waals surface area (Å²) < 4.78 is 5.74. The fourth-order valence-corrected chi connectivity index (χ4v) is 6.25. The molecule has 3 atom stereocenters. The van der Waals surface area contributed by atoms with Gasteiger partial charge in [-0.05, 0) is 56.9 Å². The Bertz CT molecular complexity index is 1220. The molecule has 5 amide bonds. The van der Waals surface area contributed by atoms with Crippen molar-refractivity contribution >= 4 is 29.5 Å². The maximum absolute atomic E-state index is 14.1. The fourth-order valence-electron chi connectivity index (χ4n) is 6.25. The third kappa shape index (κ3) is 10.4. The number of carbonyl (C=O) groups excluding carboxylic acids is 5. The van der Waals surface area contributed by atoms with Gasteiger partial charge >= 0.3 is 0 Å². The lowest BCUT2D eigenvalue weighted by atomic mass is 9.99. The van der Waals surface area contributed by atoms with E-state index in [1.165, 1.54) is 11.1 Å². The summed E-state index contributed by atoms with van der Waals surface area (Å²) in [6.07, 6.45) is 8.55. The zero-order valence-corrected chi connectivity index (χ0v) is 28.5. The quantitative estimate of drug-likeness (QED) is 0.459. The van der Waals surface area contributed by atoms with Gasteiger partial charge in [0.05, 0.1) is 11.8 Å². The zero-order chi connectivity index (χ0) is 33.8. The molecule has 3 N–H and O–H groups in total. The summed E-state index contributed by atoms with van der Waals surface area (Å²) in [5.41, 5.74) is 0.751. The van der Waals surface area contributed by atoms with Gasteiger partial charge < -0.3 is 30.5 Å². The number of carbonyl (C=O) groups is 5. The van der Waals surface area contributed by atoms with Crippen molar-refractivity contribution in [1.82, 2.24) is 30.7 Å². The monoisotopic (exact) mass is 642 g/mol. The normalized spacial score (nSPS) is 23.9. The van der Waals surface area contributed by atoms with Crippen molar-refractivity contribution < 1.29 is 28.7 Å². The minimum absolute atomic E-state index is 0.0670. The molecular formula is C34H54N6O6. The average Bonchev–Trinajstić information content (AvgIpc) is 3.49. The molecule has 0 radical (unpaired) electrons. The molecule has 0 spiro atoms. The van der Waals surface area contributed by atoms with Gasteiger partial charge in [-0.2, -0.15) is 0 Å². The summed E-state index contributed by atoms with van der Waals surface area (Å²) >= 11 is 0. The Morgan fingerprint density at radius 3 is 2.22 bits per heavy atom. The first kappa shape index (κ1) is 36.8. The summed E-state index contributed by atoms with van der Waals surface area (Å²) in [5.74, 6) is -1.55. The number of fused-ring (bicyclic) bond motifs is 2. The van der Waals surface area contributed by atoms with Crippen molar-refractivity contribution in [3.8, 4) is 5.75 Å². The molecule has 1 aromatic heterocycles. The molecule has 0 saturated carbocycles. The van der Waals surface area contributed by atoms with E-state index in [1.54, 1.807) is 24.9 Å². The molecular weight excluding hydrogens is 588 g/mol. The Balaban J connectivity index is 1.89. The lowest BCUT2D eigenvalue weighted by Crippen LogP contribution is -2.57. The van der Waals surface area contributed by atoms with Crippen molar-refractivity contribution in [2.24, 2.45) is 11.8 Å². The smallest absolute Gasteiger partial charge is 0.257 e. The van der Waals surface area contributed by atoms with Crippen LogP contribution in [0.4, 0.5) is 0 Å². The molecule has 0 aromatic carbocycles. The van der Waals surface area contributed by atoms with Crippen LogP contribution in [0.25, 0.3) is 0 Å². The van der Waals surface area contributed by atoms with Crippen LogP contribution >= 0.6 is 0 Å². The minimum atomic E-state index is -0.894. The molecule has 0 unspecified atom stereocenters. The van der Waals surface area contributed by atoms with Crippen LogP contribution < -0.4 is 20.7 Å². The second-order valence-electron chi connectivity index (χ2n) is 13.4. The van der Waals surface area contributed by atoms with Crippen molar-refractivity contribution in [2.75, 3.05) is 33.3 Å². The maximum Gasteiger partial charge on any atom is 0.257 e. The summed E-state index contributed by atoms with van der Waals surface area (Å²) in [6.45, 7) is 10.7. The van der Waals surface area contributed by atoms with E-state index in [9.17, 15) is 24.0 Å². The van der Waals surface area contributed by atoms with Gasteiger partial charge in [0.25, 0.3) is 11.8 Å². The molecule has 12 heteroatoms. The highest BCUT2D eigenvalue weighted by atomic mass is 16.5. The van der Waals surface area contributed by atoms with Gasteiger partial charge in [-0.15, -0.1) is 0 Å². The highest BCUT2D eigenvalue weighted by molar-refractivity contribution is 6.00. The first-order valence-electron chi connectivity index (χ1n) is 16.9. The van der Waals surface area contributed by atoms with Gasteiger partial charge in [0.15, 0.2) is 12.4 Å². The molecule has 0 bridgehead atoms. The number of nitrogens with one attached hydrogen (secondary N) is 3. The van der Waals surface area contributed by atoms with E-state index in [-0.39, 0.29) is 53.4 Å². The highest BCUT2D eigenvalue weighted by Gasteiger charge is 2.41. The van der Waals surface area contributed by atoms with Crippen molar-refractivity contribution in [1.29, 1.82) is 0 Å². The van der Waals surface area contributed by atoms with Gasteiger partial charge in [0.2, 0.25) is 17.7 Å². The van der Waals surface area contributed by atoms with Gasteiger partial charge in [0, 0.05) is 32.4 Å². The molecule has 1 aromatic rings. The predicted molar refractivity (Wildman–Crippen MR) is 175 cm³/mol. The lowest BCUT2D eigenvalue weighted by molar-refractivity contribution is -0.148. The van der Waals surface area contributed by atoms with E-state index in [0.29, 0.717) is 44.6 Å². The molecule has 12 nitrogen and oxygen atoms in total. The Morgan fingerprint density at radius 2 is 1.57 bits per heavy atom. The van der Waals surface area contributed by atoms with E-state index < -0.39 is 24.0 Å². The summed E-state index contributed by atoms with van der Waals surface area (Å²) in [4.78, 5) is 74.7. The van der Waals surface area contributed by atoms with Crippen LogP contribution in [0.15, 0.2) is 12.3 Å². The van der Waals surface area contributed by atoms with Crippen LogP contribution in [0.1, 0.15) is 102 Å². The number of hydrogen-bond acceptors (Lipinski definition) is 7. The van der Waals surface area contributed by atoms with Crippen molar-refractivity contribution in [3.05, 3.63) is 23.5 Å². The number of aryl methyl sites for hydroxylation is 1. The third-order valence-corrected chi connectivity index (χ3v) is 8.63. The number of ether oxygens (including phenoxy) is 1. The second-order valence-corrected chi connectivity index (χ2v) is 13.4. The van der Waals surface area contributed by atoms with Crippen molar-refractivity contribution in [3.63, 3.8) is 0 Å². The predicted octanol–water partition coefficient (Wildman–Crippen LogP) is 2.97. The summed E-state index contributed by atoms with van der Waals surface area (Å²) in [5, 5.41) is 8.77. The lowest BCUT2D eigenvalue weighted by Gasteiger charge is -2.35. The molecule has 0 aliphatic carbocycles. The largest absolute Gasteiger partial charge is 0.481 e. The van der Waals surface area contributed by atoms with Crippen LogP contribution in [0.2, 0.25) is 0 Å². The van der Waals surface area contributed by atoms with E-state index in [2.05, 4.69) is 20.9 Å². The topological polar surface area (TPSA) is 150 Å². The number of hydrogen-bond donors (Lipinski definition) is 3. The molecule has 46 heavy (non-hydrogen) atoms. The first-order valence-corrected chi connectivity index (χ1v) is 16.9. The van der Waals surface area contributed by atoms with Crippen LogP contribution in [-0.2, 0) is 19.2 Å². The van der Waals surface area contributed by atoms with Crippen LogP contribution in [-0.4, -0.2) is 95.7 Å². The number of aromatic nitrogens is 1. The molecule has 256 valence electrons. The molecule has 3 heterocycles. The summed E-state index contributed by atoms with van der Waals surface area (Å²) in [6, 6.07) is -0.725. The zero-order valence-electron chi connectivity index (χ0n) is 28.5. The van der Waals surface area contributed by atoms with Crippen LogP contribution in [0.3, 0.4) is 0 Å². The van der Waals surface area contributed by atoms with Crippen LogP contribution in [0.5, 0.6) is 5.75 Å². The van der Waals surface area contributed by atoms with E-state index in [0.717, 1.165) is 38.5 Å². The third-order valence-electron chi connectivity index (χ3n) is 8.63. The summed E-state index contributed by atoms with van der Waals surface area (Å²) in [7, 11) is 1.64. The molecule has 3 rings (SSSR count). The molecule has 2 aliphatic rings. The van der Waals surface area contributed by atoms with E-state index in [1.807, 2.05) is 27.7 Å². The van der Waals surface area contributed by atoms with E-state index in [4.69, 9.17) is 4.74 Å². The fraction of sp³-hybridized carbons (Fsp3) is 0.706. The van der Waals surface area contributed by atoms with Gasteiger partial charge in [-0.3, -0.25) is 29.0 Å². The number of pyridine rings is 1. The Kier molecular flexibility index (Phi) is 14.3. The van der Waals surface area contributed by atoms with E-state index >= 15 is 0 Å². The van der Waals surface area contributed by atoms with Crippen molar-refractivity contribution in [2.45, 2.75) is 111 Å². The first-order chi connectivity index (χ1) is 21.9. The average molecular weight is 643 g/mol. The number of nitrogens with zero attached hydrogens (tertiary/aromatic N) is 3. The minimum Gasteiger partial charge on any atom is -0.481 e. The maximum atomic E-state index is 14.1.